The van der Waals surface area contributed by atoms with E-state index in [1.807, 2.05) is 23.1 Å². The van der Waals surface area contributed by atoms with Crippen LogP contribution in [0.2, 0.25) is 0 Å². The first-order valence-corrected chi connectivity index (χ1v) is 7.44. The first kappa shape index (κ1) is 12.3. The molecule has 0 bridgehead atoms. The molecule has 2 aromatic rings. The first-order chi connectivity index (χ1) is 9.77. The highest BCUT2D eigenvalue weighted by molar-refractivity contribution is 5.53. The van der Waals surface area contributed by atoms with Gasteiger partial charge in [-0.2, -0.15) is 5.10 Å². The smallest absolute Gasteiger partial charge is 0.0892 e. The number of nitrogens with two attached hydrogens (primary N) is 1. The summed E-state index contributed by atoms with van der Waals surface area (Å²) in [6.45, 7) is 0.843. The zero-order chi connectivity index (χ0) is 13.6. The molecule has 1 saturated heterocycles. The molecule has 0 aromatic carbocycles. The summed E-state index contributed by atoms with van der Waals surface area (Å²) in [6.07, 6.45) is 13.2. The molecule has 2 unspecified atom stereocenters. The van der Waals surface area contributed by atoms with E-state index in [2.05, 4.69) is 10.1 Å². The van der Waals surface area contributed by atoms with Gasteiger partial charge in [0.25, 0.3) is 0 Å². The minimum atomic E-state index is 0.0260. The number of aromatic nitrogens is 3. The molecule has 2 N–H and O–H groups in total. The van der Waals surface area contributed by atoms with Crippen LogP contribution in [-0.4, -0.2) is 26.8 Å². The SMILES string of the molecule is NC(c1cnn2ccncc12)C1CCOC2(CCC2)C1. The third kappa shape index (κ3) is 1.84. The number of ether oxygens (including phenoxy) is 1. The zero-order valence-corrected chi connectivity index (χ0v) is 11.5. The monoisotopic (exact) mass is 272 g/mol. The van der Waals surface area contributed by atoms with Crippen LogP contribution in [-0.2, 0) is 4.74 Å². The van der Waals surface area contributed by atoms with Gasteiger partial charge in [0.15, 0.2) is 0 Å². The summed E-state index contributed by atoms with van der Waals surface area (Å²) in [7, 11) is 0. The van der Waals surface area contributed by atoms with Crippen LogP contribution in [0, 0.1) is 5.92 Å². The Kier molecular flexibility index (Phi) is 2.79. The van der Waals surface area contributed by atoms with Gasteiger partial charge < -0.3 is 10.5 Å². The van der Waals surface area contributed by atoms with Crippen LogP contribution in [0.15, 0.2) is 24.8 Å². The van der Waals surface area contributed by atoms with Gasteiger partial charge >= 0.3 is 0 Å². The Morgan fingerprint density at radius 3 is 3.10 bits per heavy atom. The maximum atomic E-state index is 6.54. The van der Waals surface area contributed by atoms with Crippen LogP contribution in [0.25, 0.3) is 5.52 Å². The normalized spacial score (nSPS) is 26.6. The molecular weight excluding hydrogens is 252 g/mol. The van der Waals surface area contributed by atoms with Crippen LogP contribution < -0.4 is 5.73 Å². The molecule has 3 heterocycles. The lowest BCUT2D eigenvalue weighted by Gasteiger charge is -2.48. The van der Waals surface area contributed by atoms with E-state index in [1.165, 1.54) is 19.3 Å². The van der Waals surface area contributed by atoms with Crippen LogP contribution in [0.3, 0.4) is 0 Å². The molecule has 2 atom stereocenters. The fourth-order valence-corrected chi connectivity index (χ4v) is 3.66. The molecule has 2 aliphatic rings. The van der Waals surface area contributed by atoms with Gasteiger partial charge in [0, 0.05) is 30.6 Å². The molecular formula is C15H20N4O. The van der Waals surface area contributed by atoms with E-state index in [4.69, 9.17) is 10.5 Å². The van der Waals surface area contributed by atoms with E-state index < -0.39 is 0 Å². The molecule has 2 aromatic heterocycles. The average Bonchev–Trinajstić information content (AvgIpc) is 2.89. The van der Waals surface area contributed by atoms with Gasteiger partial charge in [0.05, 0.1) is 23.5 Å². The summed E-state index contributed by atoms with van der Waals surface area (Å²) in [5, 5.41) is 4.37. The van der Waals surface area contributed by atoms with Gasteiger partial charge in [-0.25, -0.2) is 4.52 Å². The van der Waals surface area contributed by atoms with Gasteiger partial charge in [-0.05, 0) is 38.0 Å². The zero-order valence-electron chi connectivity index (χ0n) is 11.5. The summed E-state index contributed by atoms with van der Waals surface area (Å²) < 4.78 is 7.85. The second kappa shape index (κ2) is 4.53. The van der Waals surface area contributed by atoms with Crippen LogP contribution in [0.5, 0.6) is 0 Å². The quantitative estimate of drug-likeness (QED) is 0.909. The molecule has 1 saturated carbocycles. The van der Waals surface area contributed by atoms with E-state index in [0.717, 1.165) is 30.5 Å². The van der Waals surface area contributed by atoms with Crippen molar-refractivity contribution < 1.29 is 4.74 Å². The topological polar surface area (TPSA) is 65.4 Å². The van der Waals surface area contributed by atoms with Crippen molar-refractivity contribution in [2.45, 2.75) is 43.7 Å². The second-order valence-electron chi connectivity index (χ2n) is 6.17. The highest BCUT2D eigenvalue weighted by atomic mass is 16.5. The second-order valence-corrected chi connectivity index (χ2v) is 6.17. The lowest BCUT2D eigenvalue weighted by molar-refractivity contribution is -0.146. The number of rotatable bonds is 2. The molecule has 4 rings (SSSR count). The fourth-order valence-electron chi connectivity index (χ4n) is 3.66. The standard InChI is InChI=1S/C15H20N4O/c16-14(11-2-7-20-15(8-11)3-1-4-15)12-9-18-19-6-5-17-10-13(12)19/h5-6,9-11,14H,1-4,7-8,16H2. The van der Waals surface area contributed by atoms with E-state index >= 15 is 0 Å². The summed E-state index contributed by atoms with van der Waals surface area (Å²) >= 11 is 0. The largest absolute Gasteiger partial charge is 0.375 e. The summed E-state index contributed by atoms with van der Waals surface area (Å²) in [5.41, 5.74) is 8.82. The van der Waals surface area contributed by atoms with Crippen molar-refractivity contribution in [3.8, 4) is 0 Å². The fraction of sp³-hybridized carbons (Fsp3) is 0.600. The van der Waals surface area contributed by atoms with E-state index in [1.54, 1.807) is 6.20 Å². The van der Waals surface area contributed by atoms with Crippen LogP contribution in [0.4, 0.5) is 0 Å². The Morgan fingerprint density at radius 1 is 1.40 bits per heavy atom. The van der Waals surface area contributed by atoms with Crippen molar-refractivity contribution in [2.75, 3.05) is 6.61 Å². The van der Waals surface area contributed by atoms with E-state index in [0.29, 0.717) is 5.92 Å². The van der Waals surface area contributed by atoms with Crippen molar-refractivity contribution in [3.05, 3.63) is 30.4 Å². The molecule has 1 aliphatic heterocycles. The predicted octanol–water partition coefficient (Wildman–Crippen LogP) is 2.08. The molecule has 5 heteroatoms. The molecule has 5 nitrogen and oxygen atoms in total. The molecule has 1 aliphatic carbocycles. The highest BCUT2D eigenvalue weighted by Crippen LogP contribution is 2.46. The number of fused-ring (bicyclic) bond motifs is 1. The number of nitrogens with zero attached hydrogens (tertiary/aromatic N) is 3. The molecule has 106 valence electrons. The molecule has 1 spiro atoms. The molecule has 0 amide bonds. The van der Waals surface area contributed by atoms with Crippen molar-refractivity contribution >= 4 is 5.52 Å². The van der Waals surface area contributed by atoms with Crippen molar-refractivity contribution in [1.82, 2.24) is 14.6 Å². The maximum Gasteiger partial charge on any atom is 0.0892 e. The Labute approximate surface area is 118 Å². The van der Waals surface area contributed by atoms with Crippen LogP contribution >= 0.6 is 0 Å². The van der Waals surface area contributed by atoms with Gasteiger partial charge in [0.1, 0.15) is 0 Å². The number of hydrogen-bond acceptors (Lipinski definition) is 4. The van der Waals surface area contributed by atoms with Crippen molar-refractivity contribution in [2.24, 2.45) is 11.7 Å². The van der Waals surface area contributed by atoms with Crippen molar-refractivity contribution in [1.29, 1.82) is 0 Å². The number of hydrogen-bond donors (Lipinski definition) is 1. The lowest BCUT2D eigenvalue weighted by atomic mass is 9.70. The summed E-state index contributed by atoms with van der Waals surface area (Å²) in [6, 6.07) is 0.0260. The highest BCUT2D eigenvalue weighted by Gasteiger charge is 2.44. The minimum Gasteiger partial charge on any atom is -0.375 e. The maximum absolute atomic E-state index is 6.54. The third-order valence-corrected chi connectivity index (χ3v) is 5.02. The Morgan fingerprint density at radius 2 is 2.30 bits per heavy atom. The molecule has 0 radical (unpaired) electrons. The van der Waals surface area contributed by atoms with E-state index in [-0.39, 0.29) is 11.6 Å². The predicted molar refractivity (Wildman–Crippen MR) is 75.2 cm³/mol. The third-order valence-electron chi connectivity index (χ3n) is 5.02. The van der Waals surface area contributed by atoms with Gasteiger partial charge in [-0.1, -0.05) is 0 Å². The van der Waals surface area contributed by atoms with Crippen LogP contribution in [0.1, 0.15) is 43.7 Å². The van der Waals surface area contributed by atoms with Gasteiger partial charge in [0.2, 0.25) is 0 Å². The molecule has 2 fully saturated rings. The average molecular weight is 272 g/mol. The summed E-state index contributed by atoms with van der Waals surface area (Å²) in [5.74, 6) is 0.484. The Hall–Kier alpha value is -1.46. The molecule has 20 heavy (non-hydrogen) atoms. The summed E-state index contributed by atoms with van der Waals surface area (Å²) in [4.78, 5) is 4.19. The Bertz CT molecular complexity index is 619. The minimum absolute atomic E-state index is 0.0260. The van der Waals surface area contributed by atoms with Crippen molar-refractivity contribution in [3.63, 3.8) is 0 Å². The lowest BCUT2D eigenvalue weighted by Crippen LogP contribution is -2.47. The van der Waals surface area contributed by atoms with Gasteiger partial charge in [-0.15, -0.1) is 0 Å². The van der Waals surface area contributed by atoms with E-state index in [9.17, 15) is 0 Å². The van der Waals surface area contributed by atoms with Gasteiger partial charge in [-0.3, -0.25) is 4.98 Å². The first-order valence-electron chi connectivity index (χ1n) is 7.44. The Balaban J connectivity index is 1.61.